The first-order valence-electron chi connectivity index (χ1n) is 5.87. The van der Waals surface area contributed by atoms with E-state index in [4.69, 9.17) is 0 Å². The fourth-order valence-electron chi connectivity index (χ4n) is 2.57. The molecule has 0 atom stereocenters. The Morgan fingerprint density at radius 2 is 1.73 bits per heavy atom. The molecule has 0 N–H and O–H groups in total. The Kier molecular flexibility index (Phi) is 3.89. The van der Waals surface area contributed by atoms with Gasteiger partial charge in [-0.25, -0.2) is 0 Å². The first kappa shape index (κ1) is 12.2. The second-order valence-corrected chi connectivity index (χ2v) is 4.48. The van der Waals surface area contributed by atoms with E-state index < -0.39 is 5.41 Å². The third-order valence-electron chi connectivity index (χ3n) is 3.32. The first-order valence-corrected chi connectivity index (χ1v) is 5.87. The summed E-state index contributed by atoms with van der Waals surface area (Å²) >= 11 is 0. The second-order valence-electron chi connectivity index (χ2n) is 4.48. The van der Waals surface area contributed by atoms with E-state index in [-0.39, 0.29) is 11.7 Å². The maximum absolute atomic E-state index is 12.1. The second kappa shape index (κ2) is 4.77. The Balaban J connectivity index is 2.98. The molecule has 0 unspecified atom stereocenters. The lowest BCUT2D eigenvalue weighted by Gasteiger charge is -2.38. The number of hydrogen-bond donors (Lipinski definition) is 0. The van der Waals surface area contributed by atoms with Gasteiger partial charge in [0.05, 0.1) is 0 Å². The standard InChI is InChI=1S/C12H21NO2/c1-4-7-12(8-5-2)10(14)6-9-13(3)11(12)15/h4-9H2,1-3H3. The highest BCUT2D eigenvalue weighted by Gasteiger charge is 2.47. The van der Waals surface area contributed by atoms with Crippen molar-refractivity contribution in [2.75, 3.05) is 13.6 Å². The minimum atomic E-state index is -0.684. The average Bonchev–Trinajstić information content (AvgIpc) is 2.22. The van der Waals surface area contributed by atoms with Crippen molar-refractivity contribution in [2.45, 2.75) is 46.0 Å². The molecule has 0 aromatic rings. The van der Waals surface area contributed by atoms with Crippen LogP contribution >= 0.6 is 0 Å². The number of ketones is 1. The summed E-state index contributed by atoms with van der Waals surface area (Å²) in [5, 5.41) is 0. The lowest BCUT2D eigenvalue weighted by Crippen LogP contribution is -2.52. The molecule has 0 spiro atoms. The van der Waals surface area contributed by atoms with Crippen LogP contribution in [0.5, 0.6) is 0 Å². The molecular formula is C12H21NO2. The summed E-state index contributed by atoms with van der Waals surface area (Å²) in [5.41, 5.74) is -0.684. The maximum Gasteiger partial charge on any atom is 0.236 e. The van der Waals surface area contributed by atoms with Crippen molar-refractivity contribution in [3.05, 3.63) is 0 Å². The normalized spacial score (nSPS) is 20.9. The zero-order chi connectivity index (χ0) is 11.5. The summed E-state index contributed by atoms with van der Waals surface area (Å²) in [5.74, 6) is 0.205. The van der Waals surface area contributed by atoms with Crippen molar-refractivity contribution in [3.63, 3.8) is 0 Å². The lowest BCUT2D eigenvalue weighted by atomic mass is 9.71. The van der Waals surface area contributed by atoms with Crippen molar-refractivity contribution in [1.29, 1.82) is 0 Å². The van der Waals surface area contributed by atoms with Gasteiger partial charge in [-0.1, -0.05) is 26.7 Å². The van der Waals surface area contributed by atoms with Crippen molar-refractivity contribution < 1.29 is 9.59 Å². The summed E-state index contributed by atoms with van der Waals surface area (Å²) < 4.78 is 0. The zero-order valence-corrected chi connectivity index (χ0v) is 10.0. The molecule has 1 rings (SSSR count). The first-order chi connectivity index (χ1) is 7.08. The van der Waals surface area contributed by atoms with E-state index in [0.717, 1.165) is 12.8 Å². The summed E-state index contributed by atoms with van der Waals surface area (Å²) in [7, 11) is 1.80. The molecule has 0 saturated carbocycles. The Bertz CT molecular complexity index is 254. The number of nitrogens with zero attached hydrogens (tertiary/aromatic N) is 1. The number of carbonyl (C=O) groups is 2. The van der Waals surface area contributed by atoms with Gasteiger partial charge in [-0.15, -0.1) is 0 Å². The maximum atomic E-state index is 12.1. The van der Waals surface area contributed by atoms with Gasteiger partial charge >= 0.3 is 0 Å². The number of piperidine rings is 1. The SMILES string of the molecule is CCCC1(CCC)C(=O)CCN(C)C1=O. The van der Waals surface area contributed by atoms with Crippen LogP contribution in [0.25, 0.3) is 0 Å². The number of carbonyl (C=O) groups excluding carboxylic acids is 2. The average molecular weight is 211 g/mol. The largest absolute Gasteiger partial charge is 0.344 e. The van der Waals surface area contributed by atoms with Gasteiger partial charge in [-0.2, -0.15) is 0 Å². The molecule has 3 nitrogen and oxygen atoms in total. The van der Waals surface area contributed by atoms with Gasteiger partial charge in [0.2, 0.25) is 5.91 Å². The Hall–Kier alpha value is -0.860. The number of Topliss-reactive ketones (excluding diaryl/α,β-unsaturated/α-hetero) is 1. The van der Waals surface area contributed by atoms with Crippen molar-refractivity contribution in [1.82, 2.24) is 4.90 Å². The summed E-state index contributed by atoms with van der Waals surface area (Å²) in [6.07, 6.45) is 3.74. The Morgan fingerprint density at radius 1 is 1.20 bits per heavy atom. The minimum Gasteiger partial charge on any atom is -0.344 e. The van der Waals surface area contributed by atoms with E-state index in [1.54, 1.807) is 11.9 Å². The summed E-state index contributed by atoms with van der Waals surface area (Å²) in [6.45, 7) is 4.66. The van der Waals surface area contributed by atoms with E-state index in [9.17, 15) is 9.59 Å². The smallest absolute Gasteiger partial charge is 0.236 e. The van der Waals surface area contributed by atoms with Gasteiger partial charge in [0.15, 0.2) is 0 Å². The van der Waals surface area contributed by atoms with Crippen LogP contribution in [0.1, 0.15) is 46.0 Å². The number of hydrogen-bond acceptors (Lipinski definition) is 2. The van der Waals surface area contributed by atoms with Crippen LogP contribution in [0.3, 0.4) is 0 Å². The molecular weight excluding hydrogens is 190 g/mol. The van der Waals surface area contributed by atoms with Gasteiger partial charge in [0, 0.05) is 20.0 Å². The van der Waals surface area contributed by atoms with Gasteiger partial charge in [0.25, 0.3) is 0 Å². The molecule has 86 valence electrons. The van der Waals surface area contributed by atoms with Crippen LogP contribution in [-0.4, -0.2) is 30.2 Å². The molecule has 0 radical (unpaired) electrons. The minimum absolute atomic E-state index is 0.0439. The molecule has 1 heterocycles. The van der Waals surface area contributed by atoms with Crippen molar-refractivity contribution in [3.8, 4) is 0 Å². The highest BCUT2D eigenvalue weighted by atomic mass is 16.2. The van der Waals surface area contributed by atoms with Crippen molar-refractivity contribution in [2.24, 2.45) is 5.41 Å². The summed E-state index contributed by atoms with van der Waals surface area (Å²) in [4.78, 5) is 25.9. The predicted molar refractivity (Wildman–Crippen MR) is 59.5 cm³/mol. The number of likely N-dealkylation sites (tertiary alicyclic amines) is 1. The Labute approximate surface area is 91.8 Å². The van der Waals surface area contributed by atoms with Crippen LogP contribution in [-0.2, 0) is 9.59 Å². The van der Waals surface area contributed by atoms with Gasteiger partial charge in [-0.05, 0) is 12.8 Å². The quantitative estimate of drug-likeness (QED) is 0.667. The highest BCUT2D eigenvalue weighted by Crippen LogP contribution is 2.36. The Morgan fingerprint density at radius 3 is 2.20 bits per heavy atom. The topological polar surface area (TPSA) is 37.4 Å². The fraction of sp³-hybridized carbons (Fsp3) is 0.833. The molecule has 1 amide bonds. The van der Waals surface area contributed by atoms with Crippen LogP contribution < -0.4 is 0 Å². The molecule has 0 aromatic carbocycles. The molecule has 0 bridgehead atoms. The molecule has 1 fully saturated rings. The molecule has 1 aliphatic heterocycles. The highest BCUT2D eigenvalue weighted by molar-refractivity contribution is 6.07. The molecule has 3 heteroatoms. The van der Waals surface area contributed by atoms with Gasteiger partial charge in [-0.3, -0.25) is 9.59 Å². The summed E-state index contributed by atoms with van der Waals surface area (Å²) in [6, 6.07) is 0. The molecule has 1 aliphatic rings. The van der Waals surface area contributed by atoms with Crippen LogP contribution in [0.15, 0.2) is 0 Å². The van der Waals surface area contributed by atoms with Gasteiger partial charge < -0.3 is 4.90 Å². The van der Waals surface area contributed by atoms with E-state index in [1.165, 1.54) is 0 Å². The molecule has 1 saturated heterocycles. The van der Waals surface area contributed by atoms with Crippen molar-refractivity contribution >= 4 is 11.7 Å². The monoisotopic (exact) mass is 211 g/mol. The van der Waals surface area contributed by atoms with E-state index in [2.05, 4.69) is 0 Å². The van der Waals surface area contributed by atoms with E-state index >= 15 is 0 Å². The van der Waals surface area contributed by atoms with Gasteiger partial charge in [0.1, 0.15) is 11.2 Å². The lowest BCUT2D eigenvalue weighted by molar-refractivity contribution is -0.154. The zero-order valence-electron chi connectivity index (χ0n) is 10.0. The van der Waals surface area contributed by atoms with Crippen LogP contribution in [0, 0.1) is 5.41 Å². The number of amides is 1. The third-order valence-corrected chi connectivity index (χ3v) is 3.32. The molecule has 0 aromatic heterocycles. The predicted octanol–water partition coefficient (Wildman–Crippen LogP) is 2.00. The van der Waals surface area contributed by atoms with E-state index in [0.29, 0.717) is 25.8 Å². The number of rotatable bonds is 4. The molecule has 15 heavy (non-hydrogen) atoms. The van der Waals surface area contributed by atoms with Crippen LogP contribution in [0.2, 0.25) is 0 Å². The fourth-order valence-corrected chi connectivity index (χ4v) is 2.57. The van der Waals surface area contributed by atoms with E-state index in [1.807, 2.05) is 13.8 Å². The molecule has 0 aliphatic carbocycles. The third kappa shape index (κ3) is 2.06. The van der Waals surface area contributed by atoms with Crippen LogP contribution in [0.4, 0.5) is 0 Å².